The lowest BCUT2D eigenvalue weighted by molar-refractivity contribution is 0.615. The van der Waals surface area contributed by atoms with Gasteiger partial charge in [0.1, 0.15) is 0 Å². The third-order valence-corrected chi connectivity index (χ3v) is 2.73. The van der Waals surface area contributed by atoms with E-state index in [1.54, 1.807) is 17.0 Å². The number of nitrogens with one attached hydrogen (secondary N) is 1. The van der Waals surface area contributed by atoms with Crippen molar-refractivity contribution in [1.82, 2.24) is 9.55 Å². The summed E-state index contributed by atoms with van der Waals surface area (Å²) in [5, 5.41) is 3.23. The molecule has 16 heavy (non-hydrogen) atoms. The molecular formula is C12H21N3O. The highest BCUT2D eigenvalue weighted by Crippen LogP contribution is 2.06. The summed E-state index contributed by atoms with van der Waals surface area (Å²) < 4.78 is 1.66. The van der Waals surface area contributed by atoms with Crippen LogP contribution in [0.5, 0.6) is 0 Å². The van der Waals surface area contributed by atoms with Crippen LogP contribution in [0.1, 0.15) is 40.0 Å². The fourth-order valence-corrected chi connectivity index (χ4v) is 1.72. The Morgan fingerprint density at radius 1 is 1.44 bits per heavy atom. The number of hydrogen-bond donors (Lipinski definition) is 1. The van der Waals surface area contributed by atoms with Gasteiger partial charge in [0.15, 0.2) is 5.82 Å². The molecule has 1 heterocycles. The second-order valence-electron chi connectivity index (χ2n) is 3.91. The lowest BCUT2D eigenvalue weighted by Gasteiger charge is -2.16. The van der Waals surface area contributed by atoms with E-state index < -0.39 is 0 Å². The first-order valence-electron chi connectivity index (χ1n) is 6.04. The molecule has 90 valence electrons. The number of hydrogen-bond acceptors (Lipinski definition) is 3. The number of aromatic nitrogens is 2. The number of anilines is 1. The Morgan fingerprint density at radius 2 is 2.19 bits per heavy atom. The normalized spacial score (nSPS) is 12.4. The second kappa shape index (κ2) is 6.30. The second-order valence-corrected chi connectivity index (χ2v) is 3.91. The van der Waals surface area contributed by atoms with Crippen molar-refractivity contribution < 1.29 is 0 Å². The highest BCUT2D eigenvalue weighted by molar-refractivity contribution is 5.32. The Balaban J connectivity index is 2.84. The molecular weight excluding hydrogens is 202 g/mol. The molecule has 0 aliphatic heterocycles. The first-order valence-corrected chi connectivity index (χ1v) is 6.04. The van der Waals surface area contributed by atoms with Crippen molar-refractivity contribution in [3.8, 4) is 0 Å². The van der Waals surface area contributed by atoms with Crippen LogP contribution in [-0.2, 0) is 6.54 Å². The van der Waals surface area contributed by atoms with E-state index in [4.69, 9.17) is 0 Å². The summed E-state index contributed by atoms with van der Waals surface area (Å²) in [6.07, 6.45) is 6.58. The Hall–Kier alpha value is -1.32. The average Bonchev–Trinajstić information content (AvgIpc) is 2.31. The monoisotopic (exact) mass is 223 g/mol. The number of aryl methyl sites for hydroxylation is 1. The molecule has 0 spiro atoms. The molecule has 1 atom stereocenters. The molecule has 0 fully saturated rings. The van der Waals surface area contributed by atoms with Crippen molar-refractivity contribution in [1.29, 1.82) is 0 Å². The predicted molar refractivity (Wildman–Crippen MR) is 66.8 cm³/mol. The van der Waals surface area contributed by atoms with Crippen LogP contribution in [0.15, 0.2) is 17.2 Å². The summed E-state index contributed by atoms with van der Waals surface area (Å²) in [7, 11) is 0. The van der Waals surface area contributed by atoms with Gasteiger partial charge in [-0.25, -0.2) is 4.98 Å². The van der Waals surface area contributed by atoms with Crippen molar-refractivity contribution in [3.63, 3.8) is 0 Å². The number of rotatable bonds is 6. The smallest absolute Gasteiger partial charge is 0.293 e. The van der Waals surface area contributed by atoms with Gasteiger partial charge in [-0.1, -0.05) is 20.3 Å². The Bertz CT molecular complexity index is 373. The van der Waals surface area contributed by atoms with Crippen LogP contribution in [0.25, 0.3) is 0 Å². The topological polar surface area (TPSA) is 46.9 Å². The Morgan fingerprint density at radius 3 is 2.75 bits per heavy atom. The predicted octanol–water partition coefficient (Wildman–Crippen LogP) is 2.25. The molecule has 0 aliphatic carbocycles. The van der Waals surface area contributed by atoms with Gasteiger partial charge in [0.25, 0.3) is 5.56 Å². The van der Waals surface area contributed by atoms with Crippen LogP contribution in [0.3, 0.4) is 0 Å². The summed E-state index contributed by atoms with van der Waals surface area (Å²) >= 11 is 0. The molecule has 0 amide bonds. The molecule has 1 N–H and O–H groups in total. The summed E-state index contributed by atoms with van der Waals surface area (Å²) in [6.45, 7) is 6.90. The standard InChI is InChI=1S/C12H21N3O/c1-4-7-10(5-2)14-11-12(16)15(6-3)9-8-13-11/h8-10H,4-7H2,1-3H3,(H,13,14). The lowest BCUT2D eigenvalue weighted by Crippen LogP contribution is -2.28. The average molecular weight is 223 g/mol. The van der Waals surface area contributed by atoms with Crippen LogP contribution in [-0.4, -0.2) is 15.6 Å². The third-order valence-electron chi connectivity index (χ3n) is 2.73. The van der Waals surface area contributed by atoms with Gasteiger partial charge in [-0.3, -0.25) is 4.79 Å². The van der Waals surface area contributed by atoms with Crippen molar-refractivity contribution in [3.05, 3.63) is 22.7 Å². The maximum absolute atomic E-state index is 11.9. The maximum atomic E-state index is 11.9. The van der Waals surface area contributed by atoms with E-state index in [-0.39, 0.29) is 5.56 Å². The van der Waals surface area contributed by atoms with Crippen LogP contribution in [0.4, 0.5) is 5.82 Å². The minimum absolute atomic E-state index is 0.0282. The Labute approximate surface area is 96.7 Å². The van der Waals surface area contributed by atoms with Gasteiger partial charge in [-0.05, 0) is 19.8 Å². The van der Waals surface area contributed by atoms with Crippen molar-refractivity contribution in [2.45, 2.75) is 52.6 Å². The van der Waals surface area contributed by atoms with Gasteiger partial charge >= 0.3 is 0 Å². The van der Waals surface area contributed by atoms with Gasteiger partial charge in [0.2, 0.25) is 0 Å². The summed E-state index contributed by atoms with van der Waals surface area (Å²) in [4.78, 5) is 16.0. The summed E-state index contributed by atoms with van der Waals surface area (Å²) in [5.74, 6) is 0.477. The molecule has 4 nitrogen and oxygen atoms in total. The van der Waals surface area contributed by atoms with E-state index in [2.05, 4.69) is 24.1 Å². The molecule has 1 unspecified atom stereocenters. The molecule has 0 aromatic carbocycles. The summed E-state index contributed by atoms with van der Waals surface area (Å²) in [6, 6.07) is 0.345. The molecule has 1 rings (SSSR count). The summed E-state index contributed by atoms with van der Waals surface area (Å²) in [5.41, 5.74) is -0.0282. The molecule has 1 aromatic rings. The molecule has 0 radical (unpaired) electrons. The number of nitrogens with zero attached hydrogens (tertiary/aromatic N) is 2. The molecule has 0 aliphatic rings. The van der Waals surface area contributed by atoms with Gasteiger partial charge < -0.3 is 9.88 Å². The minimum Gasteiger partial charge on any atom is -0.363 e. The van der Waals surface area contributed by atoms with E-state index in [9.17, 15) is 4.79 Å². The zero-order valence-corrected chi connectivity index (χ0v) is 10.4. The van der Waals surface area contributed by atoms with E-state index in [1.165, 1.54) is 0 Å². The fourth-order valence-electron chi connectivity index (χ4n) is 1.72. The van der Waals surface area contributed by atoms with Crippen molar-refractivity contribution in [2.24, 2.45) is 0 Å². The van der Waals surface area contributed by atoms with Crippen LogP contribution in [0, 0.1) is 0 Å². The first kappa shape index (κ1) is 12.7. The van der Waals surface area contributed by atoms with E-state index in [0.717, 1.165) is 19.3 Å². The van der Waals surface area contributed by atoms with Gasteiger partial charge in [-0.15, -0.1) is 0 Å². The van der Waals surface area contributed by atoms with Crippen molar-refractivity contribution >= 4 is 5.82 Å². The highest BCUT2D eigenvalue weighted by Gasteiger charge is 2.09. The zero-order valence-electron chi connectivity index (χ0n) is 10.4. The molecule has 1 aromatic heterocycles. The molecule has 0 bridgehead atoms. The van der Waals surface area contributed by atoms with Gasteiger partial charge in [-0.2, -0.15) is 0 Å². The van der Waals surface area contributed by atoms with Crippen LogP contribution >= 0.6 is 0 Å². The zero-order chi connectivity index (χ0) is 12.0. The highest BCUT2D eigenvalue weighted by atomic mass is 16.1. The Kier molecular flexibility index (Phi) is 5.02. The van der Waals surface area contributed by atoms with E-state index >= 15 is 0 Å². The largest absolute Gasteiger partial charge is 0.363 e. The lowest BCUT2D eigenvalue weighted by atomic mass is 10.1. The molecule has 4 heteroatoms. The maximum Gasteiger partial charge on any atom is 0.293 e. The third kappa shape index (κ3) is 3.08. The SMILES string of the molecule is CCCC(CC)Nc1nccn(CC)c1=O. The van der Waals surface area contributed by atoms with Crippen LogP contribution in [0.2, 0.25) is 0 Å². The first-order chi connectivity index (χ1) is 7.72. The van der Waals surface area contributed by atoms with Gasteiger partial charge in [0, 0.05) is 25.0 Å². The fraction of sp³-hybridized carbons (Fsp3) is 0.667. The van der Waals surface area contributed by atoms with Crippen molar-refractivity contribution in [2.75, 3.05) is 5.32 Å². The minimum atomic E-state index is -0.0282. The van der Waals surface area contributed by atoms with Gasteiger partial charge in [0.05, 0.1) is 0 Å². The van der Waals surface area contributed by atoms with E-state index in [1.807, 2.05) is 6.92 Å². The quantitative estimate of drug-likeness (QED) is 0.804. The molecule has 0 saturated carbocycles. The molecule has 0 saturated heterocycles. The van der Waals surface area contributed by atoms with Crippen LogP contribution < -0.4 is 10.9 Å². The van der Waals surface area contributed by atoms with E-state index in [0.29, 0.717) is 18.4 Å².